The molecular formula is C24H31NO5. The summed E-state index contributed by atoms with van der Waals surface area (Å²) in [5.41, 5.74) is 3.56. The number of carbonyl (C=O) groups is 2. The summed E-state index contributed by atoms with van der Waals surface area (Å²) in [6, 6.07) is 5.80. The van der Waals surface area contributed by atoms with Gasteiger partial charge in [0, 0.05) is 17.7 Å². The van der Waals surface area contributed by atoms with Crippen molar-refractivity contribution in [1.29, 1.82) is 0 Å². The normalized spacial score (nSPS) is 15.6. The van der Waals surface area contributed by atoms with E-state index in [1.807, 2.05) is 32.0 Å². The van der Waals surface area contributed by atoms with Gasteiger partial charge >= 0.3 is 5.97 Å². The monoisotopic (exact) mass is 413 g/mol. The Labute approximate surface area is 177 Å². The van der Waals surface area contributed by atoms with Crippen molar-refractivity contribution in [3.8, 4) is 11.5 Å². The molecule has 0 saturated carbocycles. The van der Waals surface area contributed by atoms with E-state index in [1.165, 1.54) is 0 Å². The lowest BCUT2D eigenvalue weighted by molar-refractivity contribution is 0.0491. The van der Waals surface area contributed by atoms with Gasteiger partial charge in [-0.15, -0.1) is 0 Å². The molecule has 0 unspecified atom stereocenters. The average Bonchev–Trinajstić information content (AvgIpc) is 3.08. The summed E-state index contributed by atoms with van der Waals surface area (Å²) in [5, 5.41) is 0. The average molecular weight is 414 g/mol. The fourth-order valence-corrected chi connectivity index (χ4v) is 4.08. The molecule has 0 saturated heterocycles. The lowest BCUT2D eigenvalue weighted by Gasteiger charge is -2.23. The van der Waals surface area contributed by atoms with E-state index in [9.17, 15) is 9.59 Å². The molecule has 1 N–H and O–H groups in total. The van der Waals surface area contributed by atoms with Crippen LogP contribution < -0.4 is 9.47 Å². The first-order valence-electron chi connectivity index (χ1n) is 10.7. The number of benzene rings is 1. The minimum absolute atomic E-state index is 0.0149. The number of H-pyrrole nitrogens is 1. The van der Waals surface area contributed by atoms with Crippen molar-refractivity contribution >= 4 is 11.8 Å². The fraction of sp³-hybridized carbons (Fsp3) is 0.500. The van der Waals surface area contributed by atoms with E-state index < -0.39 is 0 Å². The van der Waals surface area contributed by atoms with E-state index in [0.29, 0.717) is 54.4 Å². The summed E-state index contributed by atoms with van der Waals surface area (Å²) in [6.45, 7) is 6.80. The largest absolute Gasteiger partial charge is 0.493 e. The van der Waals surface area contributed by atoms with E-state index in [2.05, 4.69) is 11.9 Å². The van der Waals surface area contributed by atoms with Crippen LogP contribution in [0.1, 0.15) is 83.1 Å². The van der Waals surface area contributed by atoms with E-state index in [4.69, 9.17) is 14.2 Å². The molecule has 0 amide bonds. The van der Waals surface area contributed by atoms with Crippen molar-refractivity contribution < 1.29 is 23.8 Å². The number of carbonyl (C=O) groups excluding carboxylic acids is 2. The lowest BCUT2D eigenvalue weighted by Crippen LogP contribution is -2.18. The van der Waals surface area contributed by atoms with Crippen molar-refractivity contribution in [3.05, 3.63) is 46.3 Å². The molecule has 2 aromatic rings. The number of fused-ring (bicyclic) bond motifs is 1. The highest BCUT2D eigenvalue weighted by molar-refractivity contribution is 6.03. The van der Waals surface area contributed by atoms with Crippen LogP contribution in [0.15, 0.2) is 18.2 Å². The molecule has 1 aromatic carbocycles. The molecule has 0 radical (unpaired) electrons. The fourth-order valence-electron chi connectivity index (χ4n) is 4.08. The predicted molar refractivity (Wildman–Crippen MR) is 115 cm³/mol. The number of aromatic amines is 1. The van der Waals surface area contributed by atoms with Crippen LogP contribution in [-0.4, -0.2) is 37.1 Å². The molecule has 6 heteroatoms. The number of ketones is 1. The molecule has 0 bridgehead atoms. The third kappa shape index (κ3) is 4.53. The lowest BCUT2D eigenvalue weighted by atomic mass is 9.81. The Kier molecular flexibility index (Phi) is 7.19. The number of rotatable bonds is 9. The highest BCUT2D eigenvalue weighted by Crippen LogP contribution is 2.38. The quantitative estimate of drug-likeness (QED) is 0.463. The Morgan fingerprint density at radius 2 is 1.97 bits per heavy atom. The molecule has 1 heterocycles. The first kappa shape index (κ1) is 21.9. The van der Waals surface area contributed by atoms with Gasteiger partial charge in [-0.1, -0.05) is 25.8 Å². The first-order chi connectivity index (χ1) is 14.5. The van der Waals surface area contributed by atoms with Crippen molar-refractivity contribution in [2.45, 2.75) is 58.8 Å². The van der Waals surface area contributed by atoms with Gasteiger partial charge in [0.05, 0.1) is 20.3 Å². The van der Waals surface area contributed by atoms with Gasteiger partial charge in [-0.3, -0.25) is 4.79 Å². The maximum Gasteiger partial charge on any atom is 0.355 e. The molecule has 1 aromatic heterocycles. The number of nitrogens with one attached hydrogen (secondary N) is 1. The molecule has 1 aliphatic carbocycles. The topological polar surface area (TPSA) is 77.6 Å². The number of aromatic nitrogens is 1. The van der Waals surface area contributed by atoms with Crippen molar-refractivity contribution in [1.82, 2.24) is 4.98 Å². The second kappa shape index (κ2) is 9.83. The molecular weight excluding hydrogens is 382 g/mol. The molecule has 6 nitrogen and oxygen atoms in total. The van der Waals surface area contributed by atoms with E-state index in [0.717, 1.165) is 30.5 Å². The highest BCUT2D eigenvalue weighted by Gasteiger charge is 2.32. The Morgan fingerprint density at radius 3 is 2.67 bits per heavy atom. The summed E-state index contributed by atoms with van der Waals surface area (Å²) in [4.78, 5) is 28.6. The second-order valence-corrected chi connectivity index (χ2v) is 7.69. The van der Waals surface area contributed by atoms with Crippen LogP contribution in [0, 0.1) is 6.92 Å². The third-order valence-electron chi connectivity index (χ3n) is 5.63. The van der Waals surface area contributed by atoms with Crippen LogP contribution in [0.5, 0.6) is 11.5 Å². The Balaban J connectivity index is 1.80. The van der Waals surface area contributed by atoms with Gasteiger partial charge in [0.1, 0.15) is 5.69 Å². The molecule has 162 valence electrons. The number of ether oxygens (including phenoxy) is 3. The van der Waals surface area contributed by atoms with Gasteiger partial charge in [0.15, 0.2) is 17.3 Å². The van der Waals surface area contributed by atoms with Crippen molar-refractivity contribution in [2.75, 3.05) is 20.3 Å². The summed E-state index contributed by atoms with van der Waals surface area (Å²) >= 11 is 0. The minimum Gasteiger partial charge on any atom is -0.493 e. The molecule has 1 atom stereocenters. The van der Waals surface area contributed by atoms with Gasteiger partial charge in [-0.05, 0) is 55.9 Å². The highest BCUT2D eigenvalue weighted by atomic mass is 16.5. The zero-order chi connectivity index (χ0) is 21.7. The predicted octanol–water partition coefficient (Wildman–Crippen LogP) is 4.99. The Hall–Kier alpha value is -2.76. The molecule has 30 heavy (non-hydrogen) atoms. The molecule has 0 fully saturated rings. The van der Waals surface area contributed by atoms with Gasteiger partial charge in [0.25, 0.3) is 0 Å². The van der Waals surface area contributed by atoms with Crippen LogP contribution in [0.4, 0.5) is 0 Å². The van der Waals surface area contributed by atoms with Gasteiger partial charge < -0.3 is 19.2 Å². The van der Waals surface area contributed by atoms with Crippen LogP contribution in [-0.2, 0) is 11.2 Å². The molecule has 0 spiro atoms. The van der Waals surface area contributed by atoms with Crippen molar-refractivity contribution in [2.24, 2.45) is 0 Å². The Morgan fingerprint density at radius 1 is 1.17 bits per heavy atom. The maximum absolute atomic E-state index is 12.9. The van der Waals surface area contributed by atoms with E-state index in [-0.39, 0.29) is 17.7 Å². The summed E-state index contributed by atoms with van der Waals surface area (Å²) in [5.74, 6) is 1.03. The summed E-state index contributed by atoms with van der Waals surface area (Å²) in [6.07, 6.45) is 4.00. The van der Waals surface area contributed by atoms with Gasteiger partial charge in [0.2, 0.25) is 0 Å². The smallest absolute Gasteiger partial charge is 0.355 e. The maximum atomic E-state index is 12.9. The SMILES string of the molecule is CCCCCOC(=O)c1[nH]c2c(c1C)C(=O)C[C@@H](c1ccc(OCC)c(OC)c1)C2. The van der Waals surface area contributed by atoms with Crippen LogP contribution in [0.3, 0.4) is 0 Å². The zero-order valence-electron chi connectivity index (χ0n) is 18.3. The van der Waals surface area contributed by atoms with Crippen LogP contribution in [0.2, 0.25) is 0 Å². The Bertz CT molecular complexity index is 915. The molecule has 1 aliphatic rings. The van der Waals surface area contributed by atoms with Gasteiger partial charge in [-0.25, -0.2) is 4.79 Å². The molecule has 0 aliphatic heterocycles. The number of methoxy groups -OCH3 is 1. The number of hydrogen-bond acceptors (Lipinski definition) is 5. The number of unbranched alkanes of at least 4 members (excludes halogenated alkanes) is 2. The summed E-state index contributed by atoms with van der Waals surface area (Å²) in [7, 11) is 1.61. The van der Waals surface area contributed by atoms with Crippen molar-refractivity contribution in [3.63, 3.8) is 0 Å². The minimum atomic E-state index is -0.384. The van der Waals surface area contributed by atoms with Crippen LogP contribution >= 0.6 is 0 Å². The van der Waals surface area contributed by atoms with Crippen LogP contribution in [0.25, 0.3) is 0 Å². The zero-order valence-corrected chi connectivity index (χ0v) is 18.3. The standard InChI is InChI=1S/C24H31NO5/c1-5-7-8-11-30-24(27)23-15(3)22-18(25-23)12-17(13-19(22)26)16-9-10-20(29-6-2)21(14-16)28-4/h9-10,14,17,25H,5-8,11-13H2,1-4H3/t17-/m0/s1. The number of esters is 1. The second-order valence-electron chi connectivity index (χ2n) is 7.69. The van der Waals surface area contributed by atoms with E-state index >= 15 is 0 Å². The van der Waals surface area contributed by atoms with E-state index in [1.54, 1.807) is 7.11 Å². The summed E-state index contributed by atoms with van der Waals surface area (Å²) < 4.78 is 16.4. The molecule has 3 rings (SSSR count). The number of Topliss-reactive ketones (excluding diaryl/α,β-unsaturated/α-hetero) is 1. The first-order valence-corrected chi connectivity index (χ1v) is 10.7. The third-order valence-corrected chi connectivity index (χ3v) is 5.63. The number of hydrogen-bond donors (Lipinski definition) is 1. The van der Waals surface area contributed by atoms with Gasteiger partial charge in [-0.2, -0.15) is 0 Å².